The summed E-state index contributed by atoms with van der Waals surface area (Å²) >= 11 is 6.33. The number of aryl methyl sites for hydroxylation is 1. The second-order valence-electron chi connectivity index (χ2n) is 7.69. The Morgan fingerprint density at radius 2 is 1.77 bits per heavy atom. The van der Waals surface area contributed by atoms with Gasteiger partial charge in [0.25, 0.3) is 0 Å². The van der Waals surface area contributed by atoms with Crippen LogP contribution in [0.15, 0.2) is 42.5 Å². The molecule has 0 aromatic heterocycles. The summed E-state index contributed by atoms with van der Waals surface area (Å²) in [5.41, 5.74) is 5.12. The van der Waals surface area contributed by atoms with Crippen LogP contribution in [0.25, 0.3) is 0 Å². The second-order valence-corrected chi connectivity index (χ2v) is 8.10. The van der Waals surface area contributed by atoms with E-state index < -0.39 is 0 Å². The third kappa shape index (κ3) is 7.44. The van der Waals surface area contributed by atoms with Gasteiger partial charge in [0.2, 0.25) is 5.91 Å². The first-order valence-corrected chi connectivity index (χ1v) is 10.4. The molecule has 30 heavy (non-hydrogen) atoms. The molecule has 0 unspecified atom stereocenters. The average molecular weight is 473 g/mol. The average Bonchev–Trinajstić information content (AvgIpc) is 2.70. The highest BCUT2D eigenvalue weighted by Crippen LogP contribution is 2.21. The number of carbonyl (C=O) groups is 1. The van der Waals surface area contributed by atoms with Gasteiger partial charge in [0.1, 0.15) is 0 Å². The van der Waals surface area contributed by atoms with Crippen LogP contribution in [0, 0.1) is 0 Å². The van der Waals surface area contributed by atoms with E-state index in [0.717, 1.165) is 43.1 Å². The number of halogens is 3. The SMILES string of the molecule is CN(C)CCN(Cc1ccccc1Cl)C(=O)CCc1cccc2c1CCNC2.Cl.Cl. The maximum atomic E-state index is 13.1. The number of nitrogens with zero attached hydrogens (tertiary/aromatic N) is 2. The Bertz CT molecular complexity index is 814. The Hall–Kier alpha value is -1.30. The predicted octanol–water partition coefficient (Wildman–Crippen LogP) is 4.35. The number of benzene rings is 2. The van der Waals surface area contributed by atoms with Gasteiger partial charge >= 0.3 is 0 Å². The van der Waals surface area contributed by atoms with Crippen LogP contribution in [-0.2, 0) is 30.7 Å². The molecule has 0 radical (unpaired) electrons. The molecule has 4 nitrogen and oxygen atoms in total. The van der Waals surface area contributed by atoms with E-state index in [1.807, 2.05) is 43.3 Å². The van der Waals surface area contributed by atoms with Crippen molar-refractivity contribution in [2.45, 2.75) is 32.4 Å². The molecule has 2 aromatic rings. The number of nitrogens with one attached hydrogen (secondary N) is 1. The van der Waals surface area contributed by atoms with E-state index in [1.54, 1.807) is 0 Å². The summed E-state index contributed by atoms with van der Waals surface area (Å²) in [5, 5.41) is 4.14. The molecule has 1 aliphatic heterocycles. The lowest BCUT2D eigenvalue weighted by Gasteiger charge is -2.26. The van der Waals surface area contributed by atoms with E-state index in [4.69, 9.17) is 11.6 Å². The van der Waals surface area contributed by atoms with Crippen LogP contribution >= 0.6 is 36.4 Å². The van der Waals surface area contributed by atoms with Gasteiger partial charge in [0.05, 0.1) is 0 Å². The fourth-order valence-corrected chi connectivity index (χ4v) is 3.89. The van der Waals surface area contributed by atoms with Crippen molar-refractivity contribution >= 4 is 42.3 Å². The van der Waals surface area contributed by atoms with E-state index in [-0.39, 0.29) is 30.7 Å². The molecule has 0 bridgehead atoms. The van der Waals surface area contributed by atoms with Crippen molar-refractivity contribution in [1.29, 1.82) is 0 Å². The van der Waals surface area contributed by atoms with Crippen molar-refractivity contribution in [2.75, 3.05) is 33.7 Å². The predicted molar refractivity (Wildman–Crippen MR) is 130 cm³/mol. The molecule has 1 amide bonds. The minimum absolute atomic E-state index is 0. The molecule has 0 saturated carbocycles. The van der Waals surface area contributed by atoms with Crippen LogP contribution in [-0.4, -0.2) is 49.4 Å². The summed E-state index contributed by atoms with van der Waals surface area (Å²) < 4.78 is 0. The van der Waals surface area contributed by atoms with Crippen LogP contribution in [0.2, 0.25) is 5.02 Å². The largest absolute Gasteiger partial charge is 0.337 e. The Morgan fingerprint density at radius 1 is 1.03 bits per heavy atom. The fraction of sp³-hybridized carbons (Fsp3) is 0.435. The van der Waals surface area contributed by atoms with Crippen molar-refractivity contribution < 1.29 is 4.79 Å². The van der Waals surface area contributed by atoms with Gasteiger partial charge in [-0.3, -0.25) is 4.79 Å². The molecule has 7 heteroatoms. The highest BCUT2D eigenvalue weighted by molar-refractivity contribution is 6.31. The highest BCUT2D eigenvalue weighted by atomic mass is 35.5. The maximum Gasteiger partial charge on any atom is 0.223 e. The molecule has 1 heterocycles. The van der Waals surface area contributed by atoms with Gasteiger partial charge in [-0.1, -0.05) is 48.0 Å². The van der Waals surface area contributed by atoms with Gasteiger partial charge in [-0.2, -0.15) is 0 Å². The van der Waals surface area contributed by atoms with Gasteiger partial charge in [-0.05, 0) is 61.8 Å². The molecular formula is C23H32Cl3N3O. The summed E-state index contributed by atoms with van der Waals surface area (Å²) in [6, 6.07) is 14.3. The molecule has 3 rings (SSSR count). The van der Waals surface area contributed by atoms with Crippen molar-refractivity contribution in [1.82, 2.24) is 15.1 Å². The summed E-state index contributed by atoms with van der Waals surface area (Å²) in [4.78, 5) is 17.1. The number of amides is 1. The summed E-state index contributed by atoms with van der Waals surface area (Å²) in [6.07, 6.45) is 2.37. The quantitative estimate of drug-likeness (QED) is 0.620. The standard InChI is InChI=1S/C23H30ClN3O.2ClH/c1-26(2)14-15-27(17-20-6-3-4-9-22(20)24)23(28)11-10-18-7-5-8-19-16-25-13-12-21(18)19;;/h3-9,25H,10-17H2,1-2H3;2*1H. The Kier molecular flexibility index (Phi) is 11.7. The van der Waals surface area contributed by atoms with Crippen molar-refractivity contribution in [3.8, 4) is 0 Å². The molecule has 0 aliphatic carbocycles. The van der Waals surface area contributed by atoms with Crippen molar-refractivity contribution in [3.63, 3.8) is 0 Å². The molecule has 166 valence electrons. The molecule has 1 aliphatic rings. The summed E-state index contributed by atoms with van der Waals surface area (Å²) in [6.45, 7) is 4.04. The fourth-order valence-electron chi connectivity index (χ4n) is 3.69. The third-order valence-electron chi connectivity index (χ3n) is 5.33. The van der Waals surface area contributed by atoms with E-state index in [0.29, 0.717) is 19.5 Å². The molecular weight excluding hydrogens is 441 g/mol. The van der Waals surface area contributed by atoms with E-state index in [1.165, 1.54) is 16.7 Å². The Morgan fingerprint density at radius 3 is 2.50 bits per heavy atom. The first-order valence-electron chi connectivity index (χ1n) is 10.0. The smallest absolute Gasteiger partial charge is 0.223 e. The Labute approximate surface area is 197 Å². The van der Waals surface area contributed by atoms with E-state index in [2.05, 4.69) is 28.4 Å². The molecule has 0 spiro atoms. The second kappa shape index (κ2) is 13.2. The summed E-state index contributed by atoms with van der Waals surface area (Å²) in [7, 11) is 4.06. The lowest BCUT2D eigenvalue weighted by molar-refractivity contribution is -0.131. The normalized spacial score (nSPS) is 12.5. The lowest BCUT2D eigenvalue weighted by Crippen LogP contribution is -2.36. The highest BCUT2D eigenvalue weighted by Gasteiger charge is 2.18. The van der Waals surface area contributed by atoms with Gasteiger partial charge in [-0.25, -0.2) is 0 Å². The van der Waals surface area contributed by atoms with Crippen molar-refractivity contribution in [3.05, 3.63) is 69.7 Å². The van der Waals surface area contributed by atoms with Crippen molar-refractivity contribution in [2.24, 2.45) is 0 Å². The van der Waals surface area contributed by atoms with Crippen LogP contribution in [0.5, 0.6) is 0 Å². The third-order valence-corrected chi connectivity index (χ3v) is 5.70. The monoisotopic (exact) mass is 471 g/mol. The summed E-state index contributed by atoms with van der Waals surface area (Å²) in [5.74, 6) is 0.188. The number of carbonyl (C=O) groups excluding carboxylic acids is 1. The maximum absolute atomic E-state index is 13.1. The first-order chi connectivity index (χ1) is 13.5. The number of hydrogen-bond acceptors (Lipinski definition) is 3. The van der Waals surface area contributed by atoms with Gasteiger partial charge in [-0.15, -0.1) is 24.8 Å². The molecule has 0 atom stereocenters. The number of likely N-dealkylation sites (N-methyl/N-ethyl adjacent to an activating group) is 1. The zero-order chi connectivity index (χ0) is 19.9. The first kappa shape index (κ1) is 26.7. The molecule has 0 fully saturated rings. The minimum atomic E-state index is 0. The lowest BCUT2D eigenvalue weighted by atomic mass is 9.93. The van der Waals surface area contributed by atoms with E-state index >= 15 is 0 Å². The van der Waals surface area contributed by atoms with Crippen LogP contribution < -0.4 is 5.32 Å². The molecule has 1 N–H and O–H groups in total. The number of fused-ring (bicyclic) bond motifs is 1. The van der Waals surface area contributed by atoms with Gasteiger partial charge in [0, 0.05) is 37.6 Å². The minimum Gasteiger partial charge on any atom is -0.337 e. The van der Waals surface area contributed by atoms with E-state index in [9.17, 15) is 4.79 Å². The topological polar surface area (TPSA) is 35.6 Å². The van der Waals surface area contributed by atoms with Gasteiger partial charge < -0.3 is 15.1 Å². The van der Waals surface area contributed by atoms with Crippen LogP contribution in [0.4, 0.5) is 0 Å². The van der Waals surface area contributed by atoms with Crippen LogP contribution in [0.1, 0.15) is 28.7 Å². The number of hydrogen-bond donors (Lipinski definition) is 1. The molecule has 2 aromatic carbocycles. The zero-order valence-electron chi connectivity index (χ0n) is 17.7. The Balaban J connectivity index is 0.00000225. The molecule has 0 saturated heterocycles. The van der Waals surface area contributed by atoms with Gasteiger partial charge in [0.15, 0.2) is 0 Å². The number of rotatable bonds is 8. The zero-order valence-corrected chi connectivity index (χ0v) is 20.1. The van der Waals surface area contributed by atoms with Crippen LogP contribution in [0.3, 0.4) is 0 Å².